The minimum atomic E-state index is -0.112. The van der Waals surface area contributed by atoms with Gasteiger partial charge in [-0.3, -0.25) is 0 Å². The van der Waals surface area contributed by atoms with Crippen molar-refractivity contribution in [2.24, 2.45) is 11.5 Å². The van der Waals surface area contributed by atoms with Crippen LogP contribution < -0.4 is 16.2 Å². The van der Waals surface area contributed by atoms with E-state index in [9.17, 15) is 0 Å². The Labute approximate surface area is 91.4 Å². The molecule has 2 atom stereocenters. The second-order valence-electron chi connectivity index (χ2n) is 3.84. The highest BCUT2D eigenvalue weighted by molar-refractivity contribution is 5.37. The molecule has 0 heterocycles. The first kappa shape index (κ1) is 12.0. The fourth-order valence-electron chi connectivity index (χ4n) is 1.50. The SMILES string of the molecule is CCOc1ccc(C(N)C(C)N)cc1C. The van der Waals surface area contributed by atoms with Gasteiger partial charge in [0.05, 0.1) is 6.61 Å². The maximum absolute atomic E-state index is 5.96. The van der Waals surface area contributed by atoms with Crippen molar-refractivity contribution < 1.29 is 4.74 Å². The Kier molecular flexibility index (Phi) is 4.12. The predicted molar refractivity (Wildman–Crippen MR) is 62.9 cm³/mol. The van der Waals surface area contributed by atoms with Crippen molar-refractivity contribution in [2.45, 2.75) is 32.9 Å². The molecule has 0 aromatic heterocycles. The molecule has 0 radical (unpaired) electrons. The van der Waals surface area contributed by atoms with Crippen LogP contribution in [0.3, 0.4) is 0 Å². The normalized spacial score (nSPS) is 14.7. The summed E-state index contributed by atoms with van der Waals surface area (Å²) in [5, 5.41) is 0. The summed E-state index contributed by atoms with van der Waals surface area (Å²) >= 11 is 0. The van der Waals surface area contributed by atoms with Crippen LogP contribution in [0.5, 0.6) is 5.75 Å². The summed E-state index contributed by atoms with van der Waals surface area (Å²) in [6.07, 6.45) is 0. The smallest absolute Gasteiger partial charge is 0.122 e. The Morgan fingerprint density at radius 1 is 1.33 bits per heavy atom. The summed E-state index contributed by atoms with van der Waals surface area (Å²) in [6.45, 7) is 6.58. The quantitative estimate of drug-likeness (QED) is 0.792. The molecule has 0 aliphatic carbocycles. The van der Waals surface area contributed by atoms with Gasteiger partial charge in [-0.2, -0.15) is 0 Å². The Hall–Kier alpha value is -1.06. The largest absolute Gasteiger partial charge is 0.494 e. The molecule has 0 aliphatic heterocycles. The van der Waals surface area contributed by atoms with Gasteiger partial charge in [0.2, 0.25) is 0 Å². The van der Waals surface area contributed by atoms with Gasteiger partial charge in [-0.05, 0) is 38.0 Å². The van der Waals surface area contributed by atoms with Crippen LogP contribution in [0.4, 0.5) is 0 Å². The van der Waals surface area contributed by atoms with Gasteiger partial charge in [-0.15, -0.1) is 0 Å². The molecule has 0 aliphatic rings. The van der Waals surface area contributed by atoms with E-state index in [0.29, 0.717) is 6.61 Å². The predicted octanol–water partition coefficient (Wildman–Crippen LogP) is 1.74. The Balaban J connectivity index is 2.90. The highest BCUT2D eigenvalue weighted by Gasteiger charge is 2.11. The molecule has 0 amide bonds. The van der Waals surface area contributed by atoms with Crippen molar-refractivity contribution in [1.29, 1.82) is 0 Å². The van der Waals surface area contributed by atoms with Gasteiger partial charge in [0.1, 0.15) is 5.75 Å². The molecule has 1 aromatic rings. The first-order valence-electron chi connectivity index (χ1n) is 5.30. The third-order valence-corrected chi connectivity index (χ3v) is 2.45. The minimum Gasteiger partial charge on any atom is -0.494 e. The number of aryl methyl sites for hydroxylation is 1. The standard InChI is InChI=1S/C12H20N2O/c1-4-15-11-6-5-10(7-8(11)2)12(14)9(3)13/h5-7,9,12H,4,13-14H2,1-3H3. The van der Waals surface area contributed by atoms with Crippen LogP contribution >= 0.6 is 0 Å². The van der Waals surface area contributed by atoms with Gasteiger partial charge in [0, 0.05) is 12.1 Å². The number of hydrogen-bond donors (Lipinski definition) is 2. The third-order valence-electron chi connectivity index (χ3n) is 2.45. The number of ether oxygens (including phenoxy) is 1. The highest BCUT2D eigenvalue weighted by atomic mass is 16.5. The molecular formula is C12H20N2O. The molecule has 3 heteroatoms. The lowest BCUT2D eigenvalue weighted by Gasteiger charge is -2.17. The van der Waals surface area contributed by atoms with Gasteiger partial charge in [0.15, 0.2) is 0 Å². The van der Waals surface area contributed by atoms with Crippen LogP contribution in [0.2, 0.25) is 0 Å². The van der Waals surface area contributed by atoms with E-state index < -0.39 is 0 Å². The molecule has 0 spiro atoms. The second-order valence-corrected chi connectivity index (χ2v) is 3.84. The van der Waals surface area contributed by atoms with Crippen molar-refractivity contribution >= 4 is 0 Å². The Morgan fingerprint density at radius 3 is 2.47 bits per heavy atom. The van der Waals surface area contributed by atoms with E-state index in [1.165, 1.54) is 0 Å². The molecular weight excluding hydrogens is 188 g/mol. The van der Waals surface area contributed by atoms with Crippen LogP contribution in [0.15, 0.2) is 18.2 Å². The third kappa shape index (κ3) is 2.94. The Bertz CT molecular complexity index is 323. The van der Waals surface area contributed by atoms with Crippen LogP contribution in [-0.4, -0.2) is 12.6 Å². The zero-order valence-corrected chi connectivity index (χ0v) is 9.66. The van der Waals surface area contributed by atoms with Crippen LogP contribution in [-0.2, 0) is 0 Å². The van der Waals surface area contributed by atoms with Crippen molar-refractivity contribution in [3.05, 3.63) is 29.3 Å². The first-order valence-corrected chi connectivity index (χ1v) is 5.30. The number of rotatable bonds is 4. The lowest BCUT2D eigenvalue weighted by atomic mass is 10.00. The number of nitrogens with two attached hydrogens (primary N) is 2. The summed E-state index contributed by atoms with van der Waals surface area (Å²) < 4.78 is 5.46. The lowest BCUT2D eigenvalue weighted by molar-refractivity contribution is 0.337. The van der Waals surface area contributed by atoms with Crippen LogP contribution in [0.25, 0.3) is 0 Å². The average molecular weight is 208 g/mol. The topological polar surface area (TPSA) is 61.3 Å². The summed E-state index contributed by atoms with van der Waals surface area (Å²) in [4.78, 5) is 0. The Morgan fingerprint density at radius 2 is 2.00 bits per heavy atom. The van der Waals surface area contributed by atoms with E-state index in [0.717, 1.165) is 16.9 Å². The van der Waals surface area contributed by atoms with E-state index in [2.05, 4.69) is 0 Å². The molecule has 2 unspecified atom stereocenters. The highest BCUT2D eigenvalue weighted by Crippen LogP contribution is 2.22. The van der Waals surface area contributed by atoms with Gasteiger partial charge in [-0.1, -0.05) is 12.1 Å². The maximum atomic E-state index is 5.96. The fraction of sp³-hybridized carbons (Fsp3) is 0.500. The van der Waals surface area contributed by atoms with Gasteiger partial charge in [-0.25, -0.2) is 0 Å². The van der Waals surface area contributed by atoms with Crippen molar-refractivity contribution in [1.82, 2.24) is 0 Å². The molecule has 4 N–H and O–H groups in total. The molecule has 84 valence electrons. The van der Waals surface area contributed by atoms with Crippen LogP contribution in [0.1, 0.15) is 31.0 Å². The van der Waals surface area contributed by atoms with Gasteiger partial charge < -0.3 is 16.2 Å². The zero-order chi connectivity index (χ0) is 11.4. The number of hydrogen-bond acceptors (Lipinski definition) is 3. The van der Waals surface area contributed by atoms with E-state index in [1.807, 2.05) is 39.0 Å². The molecule has 0 saturated carbocycles. The molecule has 3 nitrogen and oxygen atoms in total. The maximum Gasteiger partial charge on any atom is 0.122 e. The van der Waals surface area contributed by atoms with Crippen molar-refractivity contribution in [3.63, 3.8) is 0 Å². The zero-order valence-electron chi connectivity index (χ0n) is 9.66. The van der Waals surface area contributed by atoms with Gasteiger partial charge in [0.25, 0.3) is 0 Å². The van der Waals surface area contributed by atoms with E-state index in [1.54, 1.807) is 0 Å². The molecule has 0 fully saturated rings. The monoisotopic (exact) mass is 208 g/mol. The number of benzene rings is 1. The summed E-state index contributed by atoms with van der Waals surface area (Å²) in [5.74, 6) is 0.915. The second kappa shape index (κ2) is 5.14. The van der Waals surface area contributed by atoms with Crippen LogP contribution in [0, 0.1) is 6.92 Å². The van der Waals surface area contributed by atoms with Crippen molar-refractivity contribution in [3.8, 4) is 5.75 Å². The molecule has 15 heavy (non-hydrogen) atoms. The molecule has 1 aromatic carbocycles. The fourth-order valence-corrected chi connectivity index (χ4v) is 1.50. The van der Waals surface area contributed by atoms with Gasteiger partial charge >= 0.3 is 0 Å². The van der Waals surface area contributed by atoms with E-state index in [-0.39, 0.29) is 12.1 Å². The first-order chi connectivity index (χ1) is 7.06. The summed E-state index contributed by atoms with van der Waals surface area (Å²) in [6, 6.07) is 5.82. The molecule has 1 rings (SSSR count). The average Bonchev–Trinajstić information content (AvgIpc) is 2.20. The summed E-state index contributed by atoms with van der Waals surface area (Å²) in [5.41, 5.74) is 13.9. The molecule has 0 bridgehead atoms. The van der Waals surface area contributed by atoms with E-state index >= 15 is 0 Å². The van der Waals surface area contributed by atoms with Crippen molar-refractivity contribution in [2.75, 3.05) is 6.61 Å². The van der Waals surface area contributed by atoms with E-state index in [4.69, 9.17) is 16.2 Å². The minimum absolute atomic E-state index is 0.0395. The molecule has 0 saturated heterocycles. The summed E-state index contributed by atoms with van der Waals surface area (Å²) in [7, 11) is 0. The lowest BCUT2D eigenvalue weighted by Crippen LogP contribution is -2.31.